The van der Waals surface area contributed by atoms with Crippen molar-refractivity contribution in [2.24, 2.45) is 0 Å². The minimum absolute atomic E-state index is 0.320. The Kier molecular flexibility index (Phi) is 4.30. The Balaban J connectivity index is 1.19. The van der Waals surface area contributed by atoms with Gasteiger partial charge in [-0.05, 0) is 18.2 Å². The molecular weight excluding hydrogens is 364 g/mol. The summed E-state index contributed by atoms with van der Waals surface area (Å²) in [4.78, 5) is 4.91. The van der Waals surface area contributed by atoms with Gasteiger partial charge in [0.05, 0.1) is 5.02 Å². The van der Waals surface area contributed by atoms with Gasteiger partial charge in [0, 0.05) is 62.0 Å². The summed E-state index contributed by atoms with van der Waals surface area (Å²) in [5, 5.41) is 9.34. The molecule has 2 aliphatic rings. The lowest BCUT2D eigenvalue weighted by Crippen LogP contribution is -2.47. The van der Waals surface area contributed by atoms with Crippen LogP contribution in [-0.2, 0) is 6.42 Å². The Labute approximate surface area is 162 Å². The fourth-order valence-electron chi connectivity index (χ4n) is 3.83. The number of aromatic nitrogens is 2. The number of nitrogens with zero attached hydrogens (tertiary/aromatic N) is 3. The maximum Gasteiger partial charge on any atom is 0.231 e. The maximum atomic E-state index is 6.21. The summed E-state index contributed by atoms with van der Waals surface area (Å²) in [6.07, 6.45) is 0.945. The molecule has 2 aliphatic heterocycles. The van der Waals surface area contributed by atoms with E-state index in [2.05, 4.69) is 38.2 Å². The van der Waals surface area contributed by atoms with Crippen LogP contribution >= 0.6 is 11.6 Å². The first kappa shape index (κ1) is 16.7. The monoisotopic (exact) mass is 384 g/mol. The number of ether oxygens (including phenoxy) is 2. The number of fused-ring (bicyclic) bond motifs is 2. The first-order valence-electron chi connectivity index (χ1n) is 9.26. The van der Waals surface area contributed by atoms with Crippen molar-refractivity contribution < 1.29 is 9.47 Å². The van der Waals surface area contributed by atoms with Crippen LogP contribution in [0.1, 0.15) is 5.69 Å². The molecule has 1 fully saturated rings. The van der Waals surface area contributed by atoms with E-state index >= 15 is 0 Å². The normalized spacial score (nSPS) is 17.0. The Hall–Kier alpha value is -2.44. The van der Waals surface area contributed by atoms with Gasteiger partial charge in [0.15, 0.2) is 11.5 Å². The van der Waals surface area contributed by atoms with Gasteiger partial charge < -0.3 is 14.4 Å². The zero-order valence-electron chi connectivity index (χ0n) is 14.9. The third kappa shape index (κ3) is 3.19. The molecule has 3 heterocycles. The highest BCUT2D eigenvalue weighted by Gasteiger charge is 2.20. The van der Waals surface area contributed by atoms with E-state index < -0.39 is 0 Å². The average Bonchev–Trinajstić information content (AvgIpc) is 3.34. The molecule has 7 heteroatoms. The lowest BCUT2D eigenvalue weighted by atomic mass is 10.1. The summed E-state index contributed by atoms with van der Waals surface area (Å²) in [6, 6.07) is 12.1. The van der Waals surface area contributed by atoms with Crippen LogP contribution in [0.3, 0.4) is 0 Å². The molecule has 3 aromatic rings. The Morgan fingerprint density at radius 2 is 1.89 bits per heavy atom. The average molecular weight is 385 g/mol. The van der Waals surface area contributed by atoms with Gasteiger partial charge in [-0.2, -0.15) is 5.10 Å². The largest absolute Gasteiger partial charge is 0.454 e. The molecule has 0 amide bonds. The molecule has 1 N–H and O–H groups in total. The lowest BCUT2D eigenvalue weighted by molar-refractivity contribution is 0.174. The predicted octanol–water partition coefficient (Wildman–Crippen LogP) is 3.31. The van der Waals surface area contributed by atoms with Crippen LogP contribution in [0.5, 0.6) is 11.5 Å². The first-order chi connectivity index (χ1) is 13.3. The number of halogens is 1. The molecule has 140 valence electrons. The molecule has 6 nitrogen and oxygen atoms in total. The highest BCUT2D eigenvalue weighted by atomic mass is 35.5. The minimum atomic E-state index is 0.320. The van der Waals surface area contributed by atoms with Crippen LogP contribution < -0.4 is 14.4 Å². The molecular formula is C20H21ClN4O2. The number of nitrogens with one attached hydrogen (secondary N) is 1. The summed E-state index contributed by atoms with van der Waals surface area (Å²) in [5.41, 5.74) is 3.22. The topological polar surface area (TPSA) is 53.6 Å². The molecule has 0 radical (unpaired) electrons. The molecule has 1 saturated heterocycles. The molecule has 1 aromatic heterocycles. The molecule has 5 rings (SSSR count). The molecule has 0 atom stereocenters. The van der Waals surface area contributed by atoms with Crippen molar-refractivity contribution in [3.05, 3.63) is 47.1 Å². The van der Waals surface area contributed by atoms with Crippen molar-refractivity contribution >= 4 is 28.2 Å². The van der Waals surface area contributed by atoms with Gasteiger partial charge in [-0.25, -0.2) is 0 Å². The SMILES string of the molecule is Clc1cccc2c(CCN3CCN(c4ccc5c(c4)OCO5)CC3)[nH]nc12. The molecule has 0 aliphatic carbocycles. The van der Waals surface area contributed by atoms with E-state index in [0.29, 0.717) is 11.8 Å². The Bertz CT molecular complexity index is 966. The number of anilines is 1. The minimum Gasteiger partial charge on any atom is -0.454 e. The van der Waals surface area contributed by atoms with Crippen LogP contribution in [-0.4, -0.2) is 54.6 Å². The Morgan fingerprint density at radius 1 is 1.04 bits per heavy atom. The number of aromatic amines is 1. The van der Waals surface area contributed by atoms with Crippen molar-refractivity contribution in [3.8, 4) is 11.5 Å². The zero-order valence-corrected chi connectivity index (χ0v) is 15.7. The van der Waals surface area contributed by atoms with Crippen LogP contribution in [0.4, 0.5) is 5.69 Å². The van der Waals surface area contributed by atoms with Gasteiger partial charge in [-0.1, -0.05) is 23.7 Å². The summed E-state index contributed by atoms with van der Waals surface area (Å²) < 4.78 is 10.9. The van der Waals surface area contributed by atoms with Crippen LogP contribution in [0, 0.1) is 0 Å². The number of H-pyrrole nitrogens is 1. The highest BCUT2D eigenvalue weighted by molar-refractivity contribution is 6.35. The van der Waals surface area contributed by atoms with Crippen molar-refractivity contribution in [1.29, 1.82) is 0 Å². The van der Waals surface area contributed by atoms with E-state index in [1.165, 1.54) is 5.69 Å². The second kappa shape index (κ2) is 6.94. The van der Waals surface area contributed by atoms with Gasteiger partial charge >= 0.3 is 0 Å². The molecule has 0 bridgehead atoms. The number of piperazine rings is 1. The van der Waals surface area contributed by atoms with E-state index in [4.69, 9.17) is 21.1 Å². The standard InChI is InChI=1S/C20H21ClN4O2/c21-16-3-1-2-15-17(22-23-20(15)16)6-7-24-8-10-25(11-9-24)14-4-5-18-19(12-14)27-13-26-18/h1-5,12H,6-11,13H2,(H,22,23). The van der Waals surface area contributed by atoms with E-state index in [-0.39, 0.29) is 0 Å². The van der Waals surface area contributed by atoms with Crippen molar-refractivity contribution in [3.63, 3.8) is 0 Å². The van der Waals surface area contributed by atoms with Crippen LogP contribution in [0.15, 0.2) is 36.4 Å². The maximum absolute atomic E-state index is 6.21. The van der Waals surface area contributed by atoms with Gasteiger partial charge in [-0.3, -0.25) is 10.00 Å². The summed E-state index contributed by atoms with van der Waals surface area (Å²) in [5.74, 6) is 1.68. The lowest BCUT2D eigenvalue weighted by Gasteiger charge is -2.36. The van der Waals surface area contributed by atoms with Crippen molar-refractivity contribution in [2.45, 2.75) is 6.42 Å². The molecule has 27 heavy (non-hydrogen) atoms. The first-order valence-corrected chi connectivity index (χ1v) is 9.64. The number of benzene rings is 2. The summed E-state index contributed by atoms with van der Waals surface area (Å²) >= 11 is 6.21. The van der Waals surface area contributed by atoms with E-state index in [9.17, 15) is 0 Å². The van der Waals surface area contributed by atoms with Gasteiger partial charge in [0.1, 0.15) is 5.52 Å². The van der Waals surface area contributed by atoms with Crippen molar-refractivity contribution in [1.82, 2.24) is 15.1 Å². The second-order valence-electron chi connectivity index (χ2n) is 6.95. The number of hydrogen-bond acceptors (Lipinski definition) is 5. The van der Waals surface area contributed by atoms with Crippen molar-refractivity contribution in [2.75, 3.05) is 44.4 Å². The van der Waals surface area contributed by atoms with E-state index in [1.54, 1.807) is 0 Å². The van der Waals surface area contributed by atoms with Gasteiger partial charge in [-0.15, -0.1) is 0 Å². The number of hydrogen-bond donors (Lipinski definition) is 1. The van der Waals surface area contributed by atoms with Gasteiger partial charge in [0.2, 0.25) is 6.79 Å². The van der Waals surface area contributed by atoms with E-state index in [1.807, 2.05) is 18.2 Å². The summed E-state index contributed by atoms with van der Waals surface area (Å²) in [7, 11) is 0. The van der Waals surface area contributed by atoms with E-state index in [0.717, 1.165) is 67.2 Å². The predicted molar refractivity (Wildman–Crippen MR) is 106 cm³/mol. The number of para-hydroxylation sites is 1. The molecule has 0 saturated carbocycles. The highest BCUT2D eigenvalue weighted by Crippen LogP contribution is 2.35. The second-order valence-corrected chi connectivity index (χ2v) is 7.36. The summed E-state index contributed by atoms with van der Waals surface area (Å²) in [6.45, 7) is 5.44. The van der Waals surface area contributed by atoms with Gasteiger partial charge in [0.25, 0.3) is 0 Å². The fraction of sp³-hybridized carbons (Fsp3) is 0.350. The fourth-order valence-corrected chi connectivity index (χ4v) is 4.04. The molecule has 0 unspecified atom stereocenters. The zero-order chi connectivity index (χ0) is 18.2. The third-order valence-corrected chi connectivity index (χ3v) is 5.69. The number of rotatable bonds is 4. The molecule has 0 spiro atoms. The quantitative estimate of drug-likeness (QED) is 0.748. The third-order valence-electron chi connectivity index (χ3n) is 5.39. The molecule has 2 aromatic carbocycles. The smallest absolute Gasteiger partial charge is 0.231 e. The van der Waals surface area contributed by atoms with Crippen LogP contribution in [0.2, 0.25) is 5.02 Å². The Morgan fingerprint density at radius 3 is 2.78 bits per heavy atom. The van der Waals surface area contributed by atoms with Crippen LogP contribution in [0.25, 0.3) is 10.9 Å².